The second-order valence-electron chi connectivity index (χ2n) is 5.66. The Hall–Kier alpha value is -1.94. The van der Waals surface area contributed by atoms with Gasteiger partial charge in [0.1, 0.15) is 5.82 Å². The predicted molar refractivity (Wildman–Crippen MR) is 117 cm³/mol. The van der Waals surface area contributed by atoms with E-state index in [0.29, 0.717) is 13.1 Å². The van der Waals surface area contributed by atoms with Crippen molar-refractivity contribution in [3.05, 3.63) is 69.9 Å². The summed E-state index contributed by atoms with van der Waals surface area (Å²) in [7, 11) is 1.96. The molecule has 0 unspecified atom stereocenters. The summed E-state index contributed by atoms with van der Waals surface area (Å²) < 4.78 is 1.97. The standard InChI is InChI=1S/C18H22N6S.HI/c1-14-22-23-17(24(14)2)13-21-18(20-12-16-9-6-10-25-16)19-11-15-7-4-3-5-8-15;/h3-10H,11-13H2,1-2H3,(H2,19,20,21);1H. The Kier molecular flexibility index (Phi) is 8.05. The molecule has 0 bridgehead atoms. The van der Waals surface area contributed by atoms with Gasteiger partial charge in [-0.15, -0.1) is 45.5 Å². The number of aliphatic imine (C=N–C) groups is 1. The van der Waals surface area contributed by atoms with Gasteiger partial charge in [-0.1, -0.05) is 36.4 Å². The van der Waals surface area contributed by atoms with Gasteiger partial charge in [-0.3, -0.25) is 0 Å². The topological polar surface area (TPSA) is 67.1 Å². The lowest BCUT2D eigenvalue weighted by Gasteiger charge is -2.12. The molecule has 26 heavy (non-hydrogen) atoms. The molecule has 0 aliphatic carbocycles. The minimum atomic E-state index is 0. The van der Waals surface area contributed by atoms with Crippen LogP contribution >= 0.6 is 35.3 Å². The molecule has 0 fully saturated rings. The molecule has 0 aliphatic rings. The van der Waals surface area contributed by atoms with E-state index in [1.165, 1.54) is 10.4 Å². The number of aryl methyl sites for hydroxylation is 1. The van der Waals surface area contributed by atoms with Crippen LogP contribution in [-0.2, 0) is 26.7 Å². The zero-order valence-corrected chi connectivity index (χ0v) is 18.0. The van der Waals surface area contributed by atoms with Crippen molar-refractivity contribution < 1.29 is 0 Å². The highest BCUT2D eigenvalue weighted by atomic mass is 127. The van der Waals surface area contributed by atoms with Crippen molar-refractivity contribution in [2.24, 2.45) is 12.0 Å². The van der Waals surface area contributed by atoms with Crippen LogP contribution in [0.2, 0.25) is 0 Å². The number of benzene rings is 1. The average molecular weight is 482 g/mol. The third kappa shape index (κ3) is 5.80. The lowest BCUT2D eigenvalue weighted by atomic mass is 10.2. The predicted octanol–water partition coefficient (Wildman–Crippen LogP) is 3.24. The van der Waals surface area contributed by atoms with Gasteiger partial charge in [0.2, 0.25) is 0 Å². The molecule has 0 amide bonds. The fourth-order valence-electron chi connectivity index (χ4n) is 2.28. The van der Waals surface area contributed by atoms with Crippen LogP contribution in [0.1, 0.15) is 22.1 Å². The first-order valence-electron chi connectivity index (χ1n) is 8.16. The molecule has 138 valence electrons. The maximum absolute atomic E-state index is 4.69. The summed E-state index contributed by atoms with van der Waals surface area (Å²) in [4.78, 5) is 5.95. The smallest absolute Gasteiger partial charge is 0.192 e. The number of guanidine groups is 1. The van der Waals surface area contributed by atoms with Crippen molar-refractivity contribution in [3.63, 3.8) is 0 Å². The van der Waals surface area contributed by atoms with Crippen molar-refractivity contribution in [2.45, 2.75) is 26.6 Å². The Morgan fingerprint density at radius 1 is 1.08 bits per heavy atom. The summed E-state index contributed by atoms with van der Waals surface area (Å²) in [5, 5.41) is 17.1. The summed E-state index contributed by atoms with van der Waals surface area (Å²) in [6.45, 7) is 3.88. The van der Waals surface area contributed by atoms with E-state index in [0.717, 1.165) is 24.2 Å². The monoisotopic (exact) mass is 482 g/mol. The van der Waals surface area contributed by atoms with Crippen LogP contribution in [0, 0.1) is 6.92 Å². The molecule has 6 nitrogen and oxygen atoms in total. The highest BCUT2D eigenvalue weighted by molar-refractivity contribution is 14.0. The van der Waals surface area contributed by atoms with Crippen molar-refractivity contribution >= 4 is 41.3 Å². The van der Waals surface area contributed by atoms with Gasteiger partial charge >= 0.3 is 0 Å². The zero-order valence-electron chi connectivity index (χ0n) is 14.8. The van der Waals surface area contributed by atoms with E-state index < -0.39 is 0 Å². The molecular weight excluding hydrogens is 459 g/mol. The highest BCUT2D eigenvalue weighted by Gasteiger charge is 2.06. The lowest BCUT2D eigenvalue weighted by Crippen LogP contribution is -2.37. The van der Waals surface area contributed by atoms with E-state index in [4.69, 9.17) is 0 Å². The fraction of sp³-hybridized carbons (Fsp3) is 0.278. The maximum atomic E-state index is 4.69. The minimum absolute atomic E-state index is 0. The largest absolute Gasteiger partial charge is 0.351 e. The van der Waals surface area contributed by atoms with Gasteiger partial charge in [0.05, 0.1) is 19.6 Å². The SMILES string of the molecule is Cc1nnc(CNC(=NCc2ccccc2)NCc2cccs2)n1C.I. The Bertz CT molecular complexity index is 814. The number of nitrogens with one attached hydrogen (secondary N) is 2. The van der Waals surface area contributed by atoms with Gasteiger partial charge in [0.15, 0.2) is 11.8 Å². The van der Waals surface area contributed by atoms with Crippen LogP contribution in [0.3, 0.4) is 0 Å². The molecule has 8 heteroatoms. The normalized spacial score (nSPS) is 11.1. The van der Waals surface area contributed by atoms with Crippen molar-refractivity contribution in [1.29, 1.82) is 0 Å². The third-order valence-electron chi connectivity index (χ3n) is 3.87. The lowest BCUT2D eigenvalue weighted by molar-refractivity contribution is 0.715. The highest BCUT2D eigenvalue weighted by Crippen LogP contribution is 2.07. The Labute approximate surface area is 174 Å². The Morgan fingerprint density at radius 3 is 2.50 bits per heavy atom. The zero-order chi connectivity index (χ0) is 17.5. The van der Waals surface area contributed by atoms with E-state index >= 15 is 0 Å². The molecule has 2 heterocycles. The van der Waals surface area contributed by atoms with Gasteiger partial charge in [0, 0.05) is 11.9 Å². The maximum Gasteiger partial charge on any atom is 0.192 e. The van der Waals surface area contributed by atoms with E-state index in [9.17, 15) is 0 Å². The van der Waals surface area contributed by atoms with Gasteiger partial charge in [0.25, 0.3) is 0 Å². The molecule has 1 aromatic carbocycles. The van der Waals surface area contributed by atoms with Gasteiger partial charge in [-0.05, 0) is 23.9 Å². The molecule has 0 radical (unpaired) electrons. The number of rotatable bonds is 6. The van der Waals surface area contributed by atoms with Crippen LogP contribution in [0.4, 0.5) is 0 Å². The summed E-state index contributed by atoms with van der Waals surface area (Å²) in [6.07, 6.45) is 0. The van der Waals surface area contributed by atoms with E-state index in [-0.39, 0.29) is 24.0 Å². The summed E-state index contributed by atoms with van der Waals surface area (Å²) in [6, 6.07) is 14.4. The molecule has 0 saturated carbocycles. The van der Waals surface area contributed by atoms with Crippen molar-refractivity contribution in [3.8, 4) is 0 Å². The molecule has 3 aromatic rings. The van der Waals surface area contributed by atoms with Gasteiger partial charge in [-0.2, -0.15) is 0 Å². The summed E-state index contributed by atoms with van der Waals surface area (Å²) in [5.74, 6) is 2.53. The first kappa shape index (κ1) is 20.4. The molecule has 0 saturated heterocycles. The first-order valence-corrected chi connectivity index (χ1v) is 9.03. The number of thiophene rings is 1. The first-order chi connectivity index (χ1) is 12.2. The van der Waals surface area contributed by atoms with E-state index in [1.807, 2.05) is 36.7 Å². The van der Waals surface area contributed by atoms with Gasteiger partial charge < -0.3 is 15.2 Å². The molecule has 0 atom stereocenters. The Balaban J connectivity index is 0.00000243. The number of hydrogen-bond donors (Lipinski definition) is 2. The number of halogens is 1. The Morgan fingerprint density at radius 2 is 1.85 bits per heavy atom. The molecular formula is C18H23IN6S. The second kappa shape index (κ2) is 10.3. The molecule has 3 rings (SSSR count). The van der Waals surface area contributed by atoms with Crippen LogP contribution in [0.25, 0.3) is 0 Å². The average Bonchev–Trinajstić information content (AvgIpc) is 3.27. The molecule has 0 spiro atoms. The summed E-state index contributed by atoms with van der Waals surface area (Å²) >= 11 is 1.73. The fourth-order valence-corrected chi connectivity index (χ4v) is 2.92. The number of hydrogen-bond acceptors (Lipinski definition) is 4. The quantitative estimate of drug-likeness (QED) is 0.322. The van der Waals surface area contributed by atoms with Crippen molar-refractivity contribution in [1.82, 2.24) is 25.4 Å². The van der Waals surface area contributed by atoms with Gasteiger partial charge in [-0.25, -0.2) is 4.99 Å². The van der Waals surface area contributed by atoms with Crippen molar-refractivity contribution in [2.75, 3.05) is 0 Å². The number of aromatic nitrogens is 3. The van der Waals surface area contributed by atoms with Crippen LogP contribution in [0.5, 0.6) is 0 Å². The second-order valence-corrected chi connectivity index (χ2v) is 6.69. The van der Waals surface area contributed by atoms with Crippen LogP contribution in [0.15, 0.2) is 52.8 Å². The molecule has 0 aliphatic heterocycles. The number of nitrogens with zero attached hydrogens (tertiary/aromatic N) is 4. The van der Waals surface area contributed by atoms with E-state index in [1.54, 1.807) is 11.3 Å². The van der Waals surface area contributed by atoms with Crippen LogP contribution < -0.4 is 10.6 Å². The molecule has 2 N–H and O–H groups in total. The molecule has 2 aromatic heterocycles. The van der Waals surface area contributed by atoms with E-state index in [2.05, 4.69) is 55.5 Å². The minimum Gasteiger partial charge on any atom is -0.351 e. The summed E-state index contributed by atoms with van der Waals surface area (Å²) in [5.41, 5.74) is 1.18. The third-order valence-corrected chi connectivity index (χ3v) is 4.75. The van der Waals surface area contributed by atoms with Crippen LogP contribution in [-0.4, -0.2) is 20.7 Å².